The number of thioether (sulfide) groups is 1. The molecular formula is C19H16N4OS2. The molecule has 1 aliphatic rings. The Hall–Kier alpha value is -2.43. The summed E-state index contributed by atoms with van der Waals surface area (Å²) in [6.07, 6.45) is 6.23. The van der Waals surface area contributed by atoms with Crippen LogP contribution < -0.4 is 5.32 Å². The van der Waals surface area contributed by atoms with Gasteiger partial charge in [-0.05, 0) is 55.5 Å². The number of anilines is 1. The van der Waals surface area contributed by atoms with E-state index in [2.05, 4.69) is 21.4 Å². The number of carbonyl (C=O) groups is 1. The van der Waals surface area contributed by atoms with Gasteiger partial charge in [-0.2, -0.15) is 5.26 Å². The lowest BCUT2D eigenvalue weighted by Crippen LogP contribution is -2.14. The third-order valence-electron chi connectivity index (χ3n) is 4.35. The third kappa shape index (κ3) is 3.43. The van der Waals surface area contributed by atoms with Crippen LogP contribution in [0.5, 0.6) is 0 Å². The quantitative estimate of drug-likeness (QED) is 0.543. The lowest BCUT2D eigenvalue weighted by Gasteiger charge is -2.11. The fourth-order valence-corrected chi connectivity index (χ4v) is 5.25. The van der Waals surface area contributed by atoms with Crippen LogP contribution in [0.4, 0.5) is 5.69 Å². The van der Waals surface area contributed by atoms with Gasteiger partial charge in [0.05, 0.1) is 17.4 Å². The van der Waals surface area contributed by atoms with Crippen LogP contribution in [-0.4, -0.2) is 21.6 Å². The van der Waals surface area contributed by atoms with Crippen LogP contribution in [0.15, 0.2) is 35.6 Å². The van der Waals surface area contributed by atoms with E-state index in [9.17, 15) is 4.79 Å². The molecule has 3 aromatic rings. The Kier molecular flexibility index (Phi) is 4.87. The second kappa shape index (κ2) is 7.44. The first-order chi connectivity index (χ1) is 12.7. The van der Waals surface area contributed by atoms with E-state index in [1.54, 1.807) is 41.9 Å². The minimum atomic E-state index is -0.0874. The second-order valence-electron chi connectivity index (χ2n) is 6.10. The van der Waals surface area contributed by atoms with Crippen LogP contribution in [-0.2, 0) is 17.6 Å². The summed E-state index contributed by atoms with van der Waals surface area (Å²) in [5.74, 6) is 0.201. The normalized spacial score (nSPS) is 13.2. The zero-order valence-corrected chi connectivity index (χ0v) is 15.6. The van der Waals surface area contributed by atoms with Gasteiger partial charge in [0.15, 0.2) is 0 Å². The number of aromatic nitrogens is 2. The molecule has 0 saturated carbocycles. The van der Waals surface area contributed by atoms with Gasteiger partial charge in [0.1, 0.15) is 16.2 Å². The molecule has 0 spiro atoms. The molecule has 0 bridgehead atoms. The monoisotopic (exact) mass is 380 g/mol. The highest BCUT2D eigenvalue weighted by molar-refractivity contribution is 8.00. The van der Waals surface area contributed by atoms with Crippen molar-refractivity contribution in [3.05, 3.63) is 46.6 Å². The molecule has 0 atom stereocenters. The Labute approximate surface area is 159 Å². The Bertz CT molecular complexity index is 1000. The number of fused-ring (bicyclic) bond motifs is 3. The number of rotatable bonds is 4. The molecule has 4 rings (SSSR count). The summed E-state index contributed by atoms with van der Waals surface area (Å²) in [4.78, 5) is 23.6. The maximum Gasteiger partial charge on any atom is 0.234 e. The van der Waals surface area contributed by atoms with Crippen LogP contribution in [0.1, 0.15) is 28.8 Å². The minimum absolute atomic E-state index is 0.0874. The van der Waals surface area contributed by atoms with Gasteiger partial charge in [-0.15, -0.1) is 11.3 Å². The summed E-state index contributed by atoms with van der Waals surface area (Å²) in [5, 5.41) is 13.7. The van der Waals surface area contributed by atoms with Gasteiger partial charge in [0.2, 0.25) is 5.91 Å². The molecular weight excluding hydrogens is 364 g/mol. The predicted molar refractivity (Wildman–Crippen MR) is 105 cm³/mol. The van der Waals surface area contributed by atoms with Crippen LogP contribution >= 0.6 is 23.1 Å². The van der Waals surface area contributed by atoms with Crippen molar-refractivity contribution in [3.8, 4) is 6.07 Å². The largest absolute Gasteiger partial charge is 0.325 e. The topological polar surface area (TPSA) is 78.7 Å². The van der Waals surface area contributed by atoms with Crippen LogP contribution in [0.3, 0.4) is 0 Å². The van der Waals surface area contributed by atoms with E-state index in [0.717, 1.165) is 28.1 Å². The molecule has 0 aliphatic heterocycles. The molecule has 1 aliphatic carbocycles. The number of amides is 1. The van der Waals surface area contributed by atoms with Crippen LogP contribution in [0.2, 0.25) is 0 Å². The van der Waals surface area contributed by atoms with E-state index in [4.69, 9.17) is 5.26 Å². The fourth-order valence-electron chi connectivity index (χ4n) is 3.13. The van der Waals surface area contributed by atoms with Crippen molar-refractivity contribution in [2.75, 3.05) is 11.1 Å². The maximum atomic E-state index is 12.3. The van der Waals surface area contributed by atoms with Crippen molar-refractivity contribution in [1.82, 2.24) is 9.97 Å². The number of benzene rings is 1. The SMILES string of the molecule is N#Cc1ccc(NC(=O)CSc2ncnc3sc4c(c23)CCCC4)cc1. The maximum absolute atomic E-state index is 12.3. The molecule has 1 amide bonds. The highest BCUT2D eigenvalue weighted by atomic mass is 32.2. The van der Waals surface area contributed by atoms with E-state index < -0.39 is 0 Å². The van der Waals surface area contributed by atoms with E-state index in [-0.39, 0.29) is 11.7 Å². The summed E-state index contributed by atoms with van der Waals surface area (Å²) in [6.45, 7) is 0. The van der Waals surface area contributed by atoms with Crippen molar-refractivity contribution >= 4 is 44.9 Å². The summed E-state index contributed by atoms with van der Waals surface area (Å²) >= 11 is 3.22. The molecule has 7 heteroatoms. The van der Waals surface area contributed by atoms with E-state index >= 15 is 0 Å². The number of carbonyl (C=O) groups excluding carboxylic acids is 1. The number of hydrogen-bond acceptors (Lipinski definition) is 6. The van der Waals surface area contributed by atoms with Gasteiger partial charge in [-0.3, -0.25) is 4.79 Å². The van der Waals surface area contributed by atoms with Gasteiger partial charge in [0, 0.05) is 16.0 Å². The van der Waals surface area contributed by atoms with E-state index in [1.165, 1.54) is 35.0 Å². The van der Waals surface area contributed by atoms with Gasteiger partial charge in [0.25, 0.3) is 0 Å². The molecule has 1 aromatic carbocycles. The number of nitrogens with one attached hydrogen (secondary N) is 1. The highest BCUT2D eigenvalue weighted by Gasteiger charge is 2.20. The molecule has 0 fully saturated rings. The lowest BCUT2D eigenvalue weighted by atomic mass is 9.97. The molecule has 0 radical (unpaired) electrons. The van der Waals surface area contributed by atoms with Crippen molar-refractivity contribution in [2.45, 2.75) is 30.7 Å². The Morgan fingerprint density at radius 2 is 2.04 bits per heavy atom. The number of thiophene rings is 1. The first kappa shape index (κ1) is 17.0. The molecule has 0 unspecified atom stereocenters. The standard InChI is InChI=1S/C19H16N4OS2/c20-9-12-5-7-13(8-6-12)23-16(24)10-25-18-17-14-3-1-2-4-15(14)26-19(17)22-11-21-18/h5-8,11H,1-4,10H2,(H,23,24). The number of hydrogen-bond donors (Lipinski definition) is 1. The number of nitriles is 1. The summed E-state index contributed by atoms with van der Waals surface area (Å²) < 4.78 is 0. The third-order valence-corrected chi connectivity index (χ3v) is 6.54. The van der Waals surface area contributed by atoms with E-state index in [1.807, 2.05) is 0 Å². The first-order valence-electron chi connectivity index (χ1n) is 8.42. The summed E-state index contributed by atoms with van der Waals surface area (Å²) in [5.41, 5.74) is 2.64. The van der Waals surface area contributed by atoms with Crippen molar-refractivity contribution in [2.24, 2.45) is 0 Å². The Balaban J connectivity index is 1.48. The fraction of sp³-hybridized carbons (Fsp3) is 0.263. The Morgan fingerprint density at radius 1 is 1.23 bits per heavy atom. The average Bonchev–Trinajstić information content (AvgIpc) is 3.06. The zero-order valence-electron chi connectivity index (χ0n) is 14.0. The molecule has 0 saturated heterocycles. The van der Waals surface area contributed by atoms with Gasteiger partial charge in [-0.1, -0.05) is 11.8 Å². The minimum Gasteiger partial charge on any atom is -0.325 e. The van der Waals surface area contributed by atoms with E-state index in [0.29, 0.717) is 11.3 Å². The van der Waals surface area contributed by atoms with Gasteiger partial charge >= 0.3 is 0 Å². The summed E-state index contributed by atoms with van der Waals surface area (Å²) in [6, 6.07) is 8.91. The van der Waals surface area contributed by atoms with Crippen LogP contribution in [0, 0.1) is 11.3 Å². The smallest absolute Gasteiger partial charge is 0.234 e. The predicted octanol–water partition coefficient (Wildman–Crippen LogP) is 4.17. The van der Waals surface area contributed by atoms with Gasteiger partial charge < -0.3 is 5.32 Å². The zero-order chi connectivity index (χ0) is 17.9. The van der Waals surface area contributed by atoms with Crippen molar-refractivity contribution in [1.29, 1.82) is 5.26 Å². The lowest BCUT2D eigenvalue weighted by molar-refractivity contribution is -0.113. The van der Waals surface area contributed by atoms with Gasteiger partial charge in [-0.25, -0.2) is 9.97 Å². The average molecular weight is 380 g/mol. The van der Waals surface area contributed by atoms with Crippen molar-refractivity contribution < 1.29 is 4.79 Å². The number of aryl methyl sites for hydroxylation is 2. The molecule has 130 valence electrons. The second-order valence-corrected chi connectivity index (χ2v) is 8.14. The van der Waals surface area contributed by atoms with Crippen molar-refractivity contribution in [3.63, 3.8) is 0 Å². The Morgan fingerprint density at radius 3 is 2.85 bits per heavy atom. The number of nitrogens with zero attached hydrogens (tertiary/aromatic N) is 3. The summed E-state index contributed by atoms with van der Waals surface area (Å²) in [7, 11) is 0. The van der Waals surface area contributed by atoms with Crippen LogP contribution in [0.25, 0.3) is 10.2 Å². The molecule has 2 heterocycles. The molecule has 5 nitrogen and oxygen atoms in total. The molecule has 2 aromatic heterocycles. The first-order valence-corrected chi connectivity index (χ1v) is 10.2. The highest BCUT2D eigenvalue weighted by Crippen LogP contribution is 2.39. The molecule has 1 N–H and O–H groups in total. The molecule has 26 heavy (non-hydrogen) atoms.